The number of hydrogen-bond acceptors (Lipinski definition) is 2. The summed E-state index contributed by atoms with van der Waals surface area (Å²) in [5.41, 5.74) is 4.90. The van der Waals surface area contributed by atoms with Crippen LogP contribution >= 0.6 is 0 Å². The van der Waals surface area contributed by atoms with Gasteiger partial charge in [-0.05, 0) is 13.8 Å². The Morgan fingerprint density at radius 3 is 2.30 bits per heavy atom. The number of carbonyl (C=O) groups is 1. The van der Waals surface area contributed by atoms with E-state index in [0.29, 0.717) is 0 Å². The summed E-state index contributed by atoms with van der Waals surface area (Å²) in [7, 11) is 0. The molecule has 3 nitrogen and oxygen atoms in total. The Bertz CT molecular complexity index is 128. The van der Waals surface area contributed by atoms with Crippen molar-refractivity contribution in [2.75, 3.05) is 13.1 Å². The molecule has 0 heterocycles. The van der Waals surface area contributed by atoms with Gasteiger partial charge in [0.25, 0.3) is 0 Å². The lowest BCUT2D eigenvalue weighted by Gasteiger charge is -2.13. The molecule has 0 aromatic rings. The van der Waals surface area contributed by atoms with Crippen LogP contribution in [0.15, 0.2) is 12.3 Å². The van der Waals surface area contributed by atoms with Gasteiger partial charge in [0.1, 0.15) is 0 Å². The molecule has 1 amide bonds. The molecule has 0 radical (unpaired) electrons. The molecular formula is C7H14N2O. The van der Waals surface area contributed by atoms with Crippen molar-refractivity contribution in [2.24, 2.45) is 5.73 Å². The summed E-state index contributed by atoms with van der Waals surface area (Å²) in [6.07, 6.45) is 3.08. The Morgan fingerprint density at radius 2 is 2.00 bits per heavy atom. The van der Waals surface area contributed by atoms with Gasteiger partial charge < -0.3 is 10.6 Å². The molecule has 0 aliphatic rings. The van der Waals surface area contributed by atoms with E-state index in [9.17, 15) is 4.79 Å². The van der Waals surface area contributed by atoms with Gasteiger partial charge >= 0.3 is 0 Å². The number of carbonyl (C=O) groups excluding carboxylic acids is 1. The number of rotatable bonds is 4. The zero-order valence-electron chi connectivity index (χ0n) is 6.50. The van der Waals surface area contributed by atoms with Crippen LogP contribution in [0, 0.1) is 0 Å². The van der Waals surface area contributed by atoms with Crippen LogP contribution in [0.3, 0.4) is 0 Å². The second-order valence-corrected chi connectivity index (χ2v) is 1.94. The second-order valence-electron chi connectivity index (χ2n) is 1.94. The molecule has 0 fully saturated rings. The van der Waals surface area contributed by atoms with Crippen molar-refractivity contribution >= 4 is 5.91 Å². The quantitative estimate of drug-likeness (QED) is 0.575. The molecule has 10 heavy (non-hydrogen) atoms. The molecule has 0 spiro atoms. The van der Waals surface area contributed by atoms with Gasteiger partial charge in [0.15, 0.2) is 0 Å². The molecule has 0 aliphatic heterocycles. The fourth-order valence-corrected chi connectivity index (χ4v) is 0.613. The van der Waals surface area contributed by atoms with E-state index in [1.807, 2.05) is 18.7 Å². The van der Waals surface area contributed by atoms with E-state index < -0.39 is 5.91 Å². The third-order valence-electron chi connectivity index (χ3n) is 1.26. The van der Waals surface area contributed by atoms with E-state index in [2.05, 4.69) is 0 Å². The summed E-state index contributed by atoms with van der Waals surface area (Å²) < 4.78 is 0. The smallest absolute Gasteiger partial charge is 0.242 e. The minimum Gasteiger partial charge on any atom is -0.378 e. The monoisotopic (exact) mass is 142 g/mol. The van der Waals surface area contributed by atoms with E-state index in [4.69, 9.17) is 5.73 Å². The van der Waals surface area contributed by atoms with Crippen molar-refractivity contribution in [3.63, 3.8) is 0 Å². The van der Waals surface area contributed by atoms with Gasteiger partial charge in [-0.25, -0.2) is 0 Å². The predicted octanol–water partition coefficient (Wildman–Crippen LogP) is 0.327. The van der Waals surface area contributed by atoms with Crippen molar-refractivity contribution in [1.29, 1.82) is 0 Å². The summed E-state index contributed by atoms with van der Waals surface area (Å²) in [6.45, 7) is 5.85. The summed E-state index contributed by atoms with van der Waals surface area (Å²) in [5.74, 6) is -0.396. The van der Waals surface area contributed by atoms with Crippen molar-refractivity contribution in [3.8, 4) is 0 Å². The third kappa shape index (κ3) is 3.95. The first-order chi connectivity index (χ1) is 4.70. The number of hydrogen-bond donors (Lipinski definition) is 1. The van der Waals surface area contributed by atoms with Crippen LogP contribution < -0.4 is 5.73 Å². The summed E-state index contributed by atoms with van der Waals surface area (Å²) >= 11 is 0. The third-order valence-corrected chi connectivity index (χ3v) is 1.26. The highest BCUT2D eigenvalue weighted by Crippen LogP contribution is 1.86. The maximum Gasteiger partial charge on any atom is 0.242 e. The minimum atomic E-state index is -0.396. The van der Waals surface area contributed by atoms with Crippen LogP contribution in [0.25, 0.3) is 0 Å². The van der Waals surface area contributed by atoms with Crippen molar-refractivity contribution in [2.45, 2.75) is 13.8 Å². The first kappa shape index (κ1) is 9.01. The lowest BCUT2D eigenvalue weighted by atomic mass is 10.5. The lowest BCUT2D eigenvalue weighted by molar-refractivity contribution is -0.113. The first-order valence-electron chi connectivity index (χ1n) is 3.42. The molecule has 0 saturated heterocycles. The number of amides is 1. The second kappa shape index (κ2) is 4.85. The van der Waals surface area contributed by atoms with Crippen molar-refractivity contribution < 1.29 is 4.79 Å². The topological polar surface area (TPSA) is 46.3 Å². The van der Waals surface area contributed by atoms with Crippen LogP contribution in [0.4, 0.5) is 0 Å². The average Bonchev–Trinajstić information content (AvgIpc) is 1.90. The Balaban J connectivity index is 3.72. The molecule has 0 aromatic carbocycles. The Kier molecular flexibility index (Phi) is 4.37. The average molecular weight is 142 g/mol. The summed E-state index contributed by atoms with van der Waals surface area (Å²) in [6, 6.07) is 0. The molecule has 58 valence electrons. The first-order valence-corrected chi connectivity index (χ1v) is 3.42. The van der Waals surface area contributed by atoms with Gasteiger partial charge in [-0.3, -0.25) is 4.79 Å². The van der Waals surface area contributed by atoms with Gasteiger partial charge in [-0.15, -0.1) is 0 Å². The molecule has 0 bridgehead atoms. The van der Waals surface area contributed by atoms with Crippen LogP contribution in [0.1, 0.15) is 13.8 Å². The van der Waals surface area contributed by atoms with Crippen molar-refractivity contribution in [1.82, 2.24) is 4.90 Å². The minimum absolute atomic E-state index is 0.396. The molecule has 3 heteroatoms. The standard InChI is InChI=1S/C7H14N2O/c1-3-9(4-2)6-5-7(8)10/h5-6H,3-4H2,1-2H3,(H2,8,10). The van der Waals surface area contributed by atoms with Crippen LogP contribution in [-0.4, -0.2) is 23.9 Å². The molecule has 0 aliphatic carbocycles. The molecule has 0 saturated carbocycles. The van der Waals surface area contributed by atoms with E-state index in [1.54, 1.807) is 6.20 Å². The molecule has 0 atom stereocenters. The molecule has 0 rings (SSSR count). The number of primary amides is 1. The van der Waals surface area contributed by atoms with Crippen molar-refractivity contribution in [3.05, 3.63) is 12.3 Å². The largest absolute Gasteiger partial charge is 0.378 e. The molecule has 2 N–H and O–H groups in total. The van der Waals surface area contributed by atoms with Crippen LogP contribution in [0.5, 0.6) is 0 Å². The number of nitrogens with two attached hydrogens (primary N) is 1. The van der Waals surface area contributed by atoms with Gasteiger partial charge in [0.2, 0.25) is 5.91 Å². The van der Waals surface area contributed by atoms with E-state index in [1.165, 1.54) is 6.08 Å². The summed E-state index contributed by atoms with van der Waals surface area (Å²) in [5, 5.41) is 0. The predicted molar refractivity (Wildman–Crippen MR) is 41.3 cm³/mol. The van der Waals surface area contributed by atoms with Gasteiger partial charge in [0.05, 0.1) is 0 Å². The molecule has 0 aromatic heterocycles. The fraction of sp³-hybridized carbons (Fsp3) is 0.571. The van der Waals surface area contributed by atoms with E-state index >= 15 is 0 Å². The van der Waals surface area contributed by atoms with Gasteiger partial charge in [-0.1, -0.05) is 0 Å². The van der Waals surface area contributed by atoms with Crippen LogP contribution in [-0.2, 0) is 4.79 Å². The fourth-order valence-electron chi connectivity index (χ4n) is 0.613. The van der Waals surface area contributed by atoms with E-state index in [0.717, 1.165) is 13.1 Å². The number of nitrogens with zero attached hydrogens (tertiary/aromatic N) is 1. The molecular weight excluding hydrogens is 128 g/mol. The highest BCUT2D eigenvalue weighted by atomic mass is 16.1. The maximum atomic E-state index is 10.2. The Morgan fingerprint density at radius 1 is 1.50 bits per heavy atom. The highest BCUT2D eigenvalue weighted by molar-refractivity contribution is 5.85. The molecule has 0 unspecified atom stereocenters. The van der Waals surface area contributed by atoms with E-state index in [-0.39, 0.29) is 0 Å². The van der Waals surface area contributed by atoms with Crippen LogP contribution in [0.2, 0.25) is 0 Å². The Labute approximate surface area is 61.5 Å². The zero-order valence-corrected chi connectivity index (χ0v) is 6.50. The highest BCUT2D eigenvalue weighted by Gasteiger charge is 1.89. The normalized spacial score (nSPS) is 10.2. The van der Waals surface area contributed by atoms with Gasteiger partial charge in [0, 0.05) is 25.4 Å². The van der Waals surface area contributed by atoms with Gasteiger partial charge in [-0.2, -0.15) is 0 Å². The Hall–Kier alpha value is -0.990. The zero-order chi connectivity index (χ0) is 7.98. The SMILES string of the molecule is CCN(C=CC(N)=O)CC. The maximum absolute atomic E-state index is 10.2. The summed E-state index contributed by atoms with van der Waals surface area (Å²) in [4.78, 5) is 12.2. The lowest BCUT2D eigenvalue weighted by Crippen LogP contribution is -2.17.